The van der Waals surface area contributed by atoms with Crippen LogP contribution in [-0.2, 0) is 19.9 Å². The molecule has 1 aliphatic heterocycles. The molecule has 0 fully saturated rings. The summed E-state index contributed by atoms with van der Waals surface area (Å²) in [5, 5.41) is 3.38. The molecule has 0 spiro atoms. The zero-order valence-electron chi connectivity index (χ0n) is 20.7. The molecular formula is C27H20BrF4N3O5. The minimum atomic E-state index is -5.10. The van der Waals surface area contributed by atoms with Gasteiger partial charge in [0.1, 0.15) is 25.4 Å². The Morgan fingerprint density at radius 3 is 2.60 bits per heavy atom. The second-order valence-electron chi connectivity index (χ2n) is 8.66. The fourth-order valence-corrected chi connectivity index (χ4v) is 4.60. The van der Waals surface area contributed by atoms with E-state index >= 15 is 0 Å². The van der Waals surface area contributed by atoms with Gasteiger partial charge in [-0.1, -0.05) is 36.4 Å². The number of carbonyl (C=O) groups excluding carboxylic acids is 1. The van der Waals surface area contributed by atoms with Crippen LogP contribution in [0.3, 0.4) is 0 Å². The molecule has 0 saturated heterocycles. The summed E-state index contributed by atoms with van der Waals surface area (Å²) in [7, 11) is 0.789. The highest BCUT2D eigenvalue weighted by Crippen LogP contribution is 2.43. The molecule has 1 aromatic heterocycles. The van der Waals surface area contributed by atoms with Gasteiger partial charge in [0, 0.05) is 24.1 Å². The summed E-state index contributed by atoms with van der Waals surface area (Å²) in [6.45, 7) is -0.660. The molecule has 40 heavy (non-hydrogen) atoms. The SMILES string of the molecule is CO[C@@](C(=O)OC[C@@H]1COc2cc3ncnc(Nc4cccc(Br)c4F)c3cc2O1)(c1ccccc1)C(F)(F)F. The Morgan fingerprint density at radius 1 is 1.10 bits per heavy atom. The first-order chi connectivity index (χ1) is 19.1. The second kappa shape index (κ2) is 10.9. The number of hydrogen-bond donors (Lipinski definition) is 1. The average Bonchev–Trinajstić information content (AvgIpc) is 2.94. The lowest BCUT2D eigenvalue weighted by Gasteiger charge is -2.33. The van der Waals surface area contributed by atoms with E-state index in [0.717, 1.165) is 19.2 Å². The third kappa shape index (κ3) is 5.02. The molecular weight excluding hydrogens is 602 g/mol. The quantitative estimate of drug-likeness (QED) is 0.197. The van der Waals surface area contributed by atoms with Gasteiger partial charge in [-0.3, -0.25) is 0 Å². The molecule has 13 heteroatoms. The Morgan fingerprint density at radius 2 is 1.88 bits per heavy atom. The van der Waals surface area contributed by atoms with Gasteiger partial charge >= 0.3 is 12.1 Å². The minimum absolute atomic E-state index is 0.109. The van der Waals surface area contributed by atoms with Crippen LogP contribution in [0.2, 0.25) is 0 Å². The van der Waals surface area contributed by atoms with E-state index in [1.54, 1.807) is 24.3 Å². The smallest absolute Gasteiger partial charge is 0.432 e. The maximum atomic E-state index is 14.5. The summed E-state index contributed by atoms with van der Waals surface area (Å²) in [6.07, 6.45) is -4.74. The predicted octanol–water partition coefficient (Wildman–Crippen LogP) is 6.06. The van der Waals surface area contributed by atoms with Crippen molar-refractivity contribution in [1.29, 1.82) is 0 Å². The first-order valence-corrected chi connectivity index (χ1v) is 12.6. The van der Waals surface area contributed by atoms with Crippen molar-refractivity contribution in [3.8, 4) is 11.5 Å². The van der Waals surface area contributed by atoms with Crippen LogP contribution in [0.5, 0.6) is 11.5 Å². The van der Waals surface area contributed by atoms with Crippen LogP contribution in [0.25, 0.3) is 10.9 Å². The van der Waals surface area contributed by atoms with Crippen molar-refractivity contribution in [1.82, 2.24) is 9.97 Å². The molecule has 1 aliphatic rings. The first kappa shape index (κ1) is 27.6. The number of benzene rings is 3. The topological polar surface area (TPSA) is 91.8 Å². The number of nitrogens with zero attached hydrogens (tertiary/aromatic N) is 2. The molecule has 1 N–H and O–H groups in total. The van der Waals surface area contributed by atoms with E-state index in [9.17, 15) is 22.4 Å². The molecule has 4 aromatic rings. The number of methoxy groups -OCH3 is 1. The molecule has 5 rings (SSSR count). The van der Waals surface area contributed by atoms with E-state index in [1.165, 1.54) is 30.6 Å². The summed E-state index contributed by atoms with van der Waals surface area (Å²) in [5.41, 5.74) is -3.11. The van der Waals surface area contributed by atoms with Gasteiger partial charge in [0.05, 0.1) is 15.7 Å². The van der Waals surface area contributed by atoms with E-state index in [2.05, 4.69) is 31.2 Å². The Bertz CT molecular complexity index is 1560. The van der Waals surface area contributed by atoms with Crippen LogP contribution < -0.4 is 14.8 Å². The molecule has 3 aromatic carbocycles. The van der Waals surface area contributed by atoms with E-state index in [0.29, 0.717) is 16.7 Å². The Balaban J connectivity index is 1.37. The molecule has 0 bridgehead atoms. The molecule has 2 heterocycles. The molecule has 0 unspecified atom stereocenters. The van der Waals surface area contributed by atoms with Crippen LogP contribution in [0, 0.1) is 5.82 Å². The van der Waals surface area contributed by atoms with E-state index < -0.39 is 41.8 Å². The van der Waals surface area contributed by atoms with Crippen molar-refractivity contribution >= 4 is 44.3 Å². The number of esters is 1. The monoisotopic (exact) mass is 621 g/mol. The van der Waals surface area contributed by atoms with Gasteiger partial charge in [-0.2, -0.15) is 13.2 Å². The molecule has 0 aliphatic carbocycles. The summed E-state index contributed by atoms with van der Waals surface area (Å²) >= 11 is 3.14. The van der Waals surface area contributed by atoms with Gasteiger partial charge in [0.2, 0.25) is 0 Å². The number of alkyl halides is 3. The van der Waals surface area contributed by atoms with Crippen LogP contribution in [0.4, 0.5) is 29.1 Å². The van der Waals surface area contributed by atoms with Gasteiger partial charge in [-0.25, -0.2) is 19.2 Å². The van der Waals surface area contributed by atoms with E-state index in [4.69, 9.17) is 18.9 Å². The number of hydrogen-bond acceptors (Lipinski definition) is 8. The lowest BCUT2D eigenvalue weighted by atomic mass is 9.93. The largest absolute Gasteiger partial charge is 0.486 e. The summed E-state index contributed by atoms with van der Waals surface area (Å²) < 4.78 is 78.6. The fourth-order valence-electron chi connectivity index (χ4n) is 4.23. The van der Waals surface area contributed by atoms with Crippen molar-refractivity contribution in [2.75, 3.05) is 25.6 Å². The normalized spacial score (nSPS) is 16.3. The lowest BCUT2D eigenvalue weighted by Crippen LogP contribution is -2.52. The number of anilines is 2. The van der Waals surface area contributed by atoms with Gasteiger partial charge in [-0.05, 0) is 34.1 Å². The van der Waals surface area contributed by atoms with Gasteiger partial charge in [0.25, 0.3) is 5.60 Å². The number of nitrogens with one attached hydrogen (secondary N) is 1. The number of fused-ring (bicyclic) bond motifs is 2. The maximum Gasteiger partial charge on any atom is 0.432 e. The van der Waals surface area contributed by atoms with Crippen LogP contribution in [0.1, 0.15) is 5.56 Å². The van der Waals surface area contributed by atoms with Crippen molar-refractivity contribution in [3.63, 3.8) is 0 Å². The summed E-state index contributed by atoms with van der Waals surface area (Å²) in [5.74, 6) is -1.35. The van der Waals surface area contributed by atoms with Gasteiger partial charge in [0.15, 0.2) is 23.4 Å². The van der Waals surface area contributed by atoms with Crippen LogP contribution in [0.15, 0.2) is 71.5 Å². The zero-order chi connectivity index (χ0) is 28.5. The summed E-state index contributed by atoms with van der Waals surface area (Å²) in [4.78, 5) is 21.3. The number of rotatable bonds is 7. The van der Waals surface area contributed by atoms with E-state index in [1.807, 2.05) is 0 Å². The number of carbonyl (C=O) groups is 1. The molecule has 0 amide bonds. The Hall–Kier alpha value is -3.97. The highest BCUT2D eigenvalue weighted by atomic mass is 79.9. The number of halogens is 5. The van der Waals surface area contributed by atoms with Crippen LogP contribution in [-0.4, -0.2) is 48.5 Å². The zero-order valence-corrected chi connectivity index (χ0v) is 22.3. The highest BCUT2D eigenvalue weighted by Gasteiger charge is 2.64. The molecule has 8 nitrogen and oxygen atoms in total. The molecule has 2 atom stereocenters. The Kier molecular flexibility index (Phi) is 7.51. The Labute approximate surface area is 233 Å². The predicted molar refractivity (Wildman–Crippen MR) is 139 cm³/mol. The van der Waals surface area contributed by atoms with Crippen molar-refractivity contribution in [3.05, 3.63) is 82.8 Å². The number of ether oxygens (including phenoxy) is 4. The third-order valence-corrected chi connectivity index (χ3v) is 6.81. The highest BCUT2D eigenvalue weighted by molar-refractivity contribution is 9.10. The van der Waals surface area contributed by atoms with Crippen molar-refractivity contribution in [2.45, 2.75) is 17.9 Å². The second-order valence-corrected chi connectivity index (χ2v) is 9.52. The molecule has 0 saturated carbocycles. The third-order valence-electron chi connectivity index (χ3n) is 6.20. The first-order valence-electron chi connectivity index (χ1n) is 11.8. The minimum Gasteiger partial charge on any atom is -0.486 e. The molecule has 208 valence electrons. The lowest BCUT2D eigenvalue weighted by molar-refractivity contribution is -0.277. The molecule has 0 radical (unpaired) electrons. The standard InChI is InChI=1S/C27H20BrF4N3O5/c1-37-26(27(30,31)32,15-6-3-2-4-7-15)25(36)39-13-16-12-38-21-11-20-17(10-22(21)40-16)24(34-14-33-20)35-19-9-5-8-18(28)23(19)29/h2-11,14,16H,12-13H2,1H3,(H,33,34,35)/t16-,26+/m0/s1. The summed E-state index contributed by atoms with van der Waals surface area (Å²) in [6, 6.07) is 14.4. The van der Waals surface area contributed by atoms with E-state index in [-0.39, 0.29) is 28.3 Å². The average molecular weight is 622 g/mol. The maximum absolute atomic E-state index is 14.5. The number of aromatic nitrogens is 2. The van der Waals surface area contributed by atoms with Crippen molar-refractivity contribution in [2.24, 2.45) is 0 Å². The van der Waals surface area contributed by atoms with Crippen molar-refractivity contribution < 1.29 is 41.3 Å². The van der Waals surface area contributed by atoms with Gasteiger partial charge in [-0.15, -0.1) is 0 Å². The van der Waals surface area contributed by atoms with Crippen LogP contribution >= 0.6 is 15.9 Å². The van der Waals surface area contributed by atoms with Gasteiger partial charge < -0.3 is 24.3 Å². The fraction of sp³-hybridized carbons (Fsp3) is 0.222.